The first-order chi connectivity index (χ1) is 17.2. The van der Waals surface area contributed by atoms with E-state index in [0.29, 0.717) is 5.56 Å². The smallest absolute Gasteiger partial charge is 0.266 e. The van der Waals surface area contributed by atoms with Crippen LogP contribution in [0.2, 0.25) is 0 Å². The summed E-state index contributed by atoms with van der Waals surface area (Å²) in [4.78, 5) is 0. The van der Waals surface area contributed by atoms with Gasteiger partial charge in [0.05, 0.1) is 11.5 Å². The molecule has 0 aliphatic heterocycles. The van der Waals surface area contributed by atoms with Crippen LogP contribution in [0.25, 0.3) is 0 Å². The van der Waals surface area contributed by atoms with Crippen LogP contribution >= 0.6 is 0 Å². The average molecular weight is 557 g/mol. The SMILES string of the molecule is Cc1ccccc1C(c1ccccc1)[C@H](N)CS(=O)(=O)O.N[C@@H](Cc1ccc(F)c(F)c1)CS(=O)(=O)O. The third-order valence-corrected chi connectivity index (χ3v) is 7.08. The highest BCUT2D eigenvalue weighted by Crippen LogP contribution is 2.30. The van der Waals surface area contributed by atoms with Crippen molar-refractivity contribution in [3.05, 3.63) is 107 Å². The van der Waals surface area contributed by atoms with Crippen molar-refractivity contribution in [1.29, 1.82) is 0 Å². The van der Waals surface area contributed by atoms with Gasteiger partial charge in [-0.1, -0.05) is 60.7 Å². The van der Waals surface area contributed by atoms with Gasteiger partial charge in [0.1, 0.15) is 0 Å². The lowest BCUT2D eigenvalue weighted by molar-refractivity contribution is 0.471. The van der Waals surface area contributed by atoms with E-state index in [0.717, 1.165) is 28.8 Å². The Morgan fingerprint density at radius 2 is 1.35 bits per heavy atom. The van der Waals surface area contributed by atoms with Crippen molar-refractivity contribution in [2.75, 3.05) is 11.5 Å². The van der Waals surface area contributed by atoms with Crippen molar-refractivity contribution in [1.82, 2.24) is 0 Å². The molecule has 0 radical (unpaired) electrons. The predicted molar refractivity (Wildman–Crippen MR) is 138 cm³/mol. The number of aryl methyl sites for hydroxylation is 1. The Morgan fingerprint density at radius 1 is 0.784 bits per heavy atom. The molecule has 0 aliphatic carbocycles. The van der Waals surface area contributed by atoms with Crippen LogP contribution in [0.5, 0.6) is 0 Å². The highest BCUT2D eigenvalue weighted by Gasteiger charge is 2.26. The van der Waals surface area contributed by atoms with Crippen LogP contribution in [0.4, 0.5) is 8.78 Å². The quantitative estimate of drug-likeness (QED) is 0.293. The second-order valence-electron chi connectivity index (χ2n) is 8.62. The summed E-state index contributed by atoms with van der Waals surface area (Å²) in [6.07, 6.45) is 0.0387. The maximum absolute atomic E-state index is 12.8. The van der Waals surface area contributed by atoms with E-state index in [9.17, 15) is 25.6 Å². The van der Waals surface area contributed by atoms with Gasteiger partial charge in [-0.15, -0.1) is 0 Å². The average Bonchev–Trinajstić information content (AvgIpc) is 2.76. The second kappa shape index (κ2) is 13.2. The van der Waals surface area contributed by atoms with E-state index >= 15 is 0 Å². The Hall–Kier alpha value is -2.74. The summed E-state index contributed by atoms with van der Waals surface area (Å²) in [5, 5.41) is 0. The largest absolute Gasteiger partial charge is 0.326 e. The van der Waals surface area contributed by atoms with Gasteiger partial charge in [-0.2, -0.15) is 16.8 Å². The van der Waals surface area contributed by atoms with Gasteiger partial charge >= 0.3 is 0 Å². The van der Waals surface area contributed by atoms with E-state index in [1.807, 2.05) is 61.5 Å². The van der Waals surface area contributed by atoms with Crippen LogP contribution in [-0.4, -0.2) is 49.5 Å². The number of nitrogens with two attached hydrogens (primary N) is 2. The third kappa shape index (κ3) is 10.6. The molecule has 0 heterocycles. The Balaban J connectivity index is 0.000000271. The van der Waals surface area contributed by atoms with Gasteiger partial charge in [0.25, 0.3) is 20.2 Å². The molecule has 0 bridgehead atoms. The molecule has 202 valence electrons. The van der Waals surface area contributed by atoms with Gasteiger partial charge in [-0.05, 0) is 47.7 Å². The number of rotatable bonds is 9. The summed E-state index contributed by atoms with van der Waals surface area (Å²) >= 11 is 0. The van der Waals surface area contributed by atoms with Gasteiger partial charge in [-0.3, -0.25) is 9.11 Å². The zero-order chi connectivity index (χ0) is 27.8. The molecule has 0 saturated heterocycles. The van der Waals surface area contributed by atoms with Crippen molar-refractivity contribution in [2.45, 2.75) is 31.3 Å². The summed E-state index contributed by atoms with van der Waals surface area (Å²) in [6.45, 7) is 1.96. The number of benzene rings is 3. The van der Waals surface area contributed by atoms with E-state index in [-0.39, 0.29) is 12.3 Å². The molecule has 0 saturated carbocycles. The van der Waals surface area contributed by atoms with Crippen molar-refractivity contribution in [3.8, 4) is 0 Å². The minimum absolute atomic E-state index is 0.0387. The maximum atomic E-state index is 12.8. The van der Waals surface area contributed by atoms with Crippen LogP contribution in [0, 0.1) is 18.6 Å². The predicted octanol–water partition coefficient (Wildman–Crippen LogP) is 3.06. The highest BCUT2D eigenvalue weighted by atomic mass is 32.2. The van der Waals surface area contributed by atoms with Crippen molar-refractivity contribution < 1.29 is 34.7 Å². The van der Waals surface area contributed by atoms with E-state index in [1.165, 1.54) is 6.07 Å². The van der Waals surface area contributed by atoms with Gasteiger partial charge in [0.15, 0.2) is 11.6 Å². The third-order valence-electron chi connectivity index (χ3n) is 5.42. The molecule has 0 fully saturated rings. The van der Waals surface area contributed by atoms with Gasteiger partial charge in [0.2, 0.25) is 0 Å². The van der Waals surface area contributed by atoms with Gasteiger partial charge < -0.3 is 11.5 Å². The minimum Gasteiger partial charge on any atom is -0.326 e. The van der Waals surface area contributed by atoms with E-state index in [4.69, 9.17) is 20.6 Å². The first-order valence-corrected chi connectivity index (χ1v) is 14.3. The van der Waals surface area contributed by atoms with Gasteiger partial charge in [0, 0.05) is 18.0 Å². The fourth-order valence-electron chi connectivity index (χ4n) is 3.89. The molecule has 1 unspecified atom stereocenters. The normalized spacial score (nSPS) is 14.2. The lowest BCUT2D eigenvalue weighted by Crippen LogP contribution is -2.36. The lowest BCUT2D eigenvalue weighted by Gasteiger charge is -2.25. The molecule has 0 amide bonds. The molecular weight excluding hydrogens is 526 g/mol. The summed E-state index contributed by atoms with van der Waals surface area (Å²) in [7, 11) is -8.28. The lowest BCUT2D eigenvalue weighted by atomic mass is 9.84. The van der Waals surface area contributed by atoms with Crippen molar-refractivity contribution >= 4 is 20.2 Å². The molecule has 0 aromatic heterocycles. The molecule has 37 heavy (non-hydrogen) atoms. The van der Waals surface area contributed by atoms with Crippen molar-refractivity contribution in [3.63, 3.8) is 0 Å². The van der Waals surface area contributed by atoms with Gasteiger partial charge in [-0.25, -0.2) is 8.78 Å². The molecule has 0 spiro atoms. The monoisotopic (exact) mass is 556 g/mol. The summed E-state index contributed by atoms with van der Waals surface area (Å²) in [5.74, 6) is -3.37. The van der Waals surface area contributed by atoms with Crippen molar-refractivity contribution in [2.24, 2.45) is 11.5 Å². The fourth-order valence-corrected chi connectivity index (χ4v) is 5.23. The molecule has 3 rings (SSSR count). The zero-order valence-electron chi connectivity index (χ0n) is 20.0. The standard InChI is InChI=1S/C16H19NO3S.C9H11F2NO3S/c1-12-7-5-6-10-14(12)16(13-8-3-2-4-9-13)15(17)11-21(18,19)20;10-8-2-1-6(4-9(8)11)3-7(12)5-16(13,14)15/h2-10,15-16H,11,17H2,1H3,(H,18,19,20);1-2,4,7H,3,5,12H2,(H,13,14,15)/t15-,16?;7-/m10/s1. The molecule has 12 heteroatoms. The summed E-state index contributed by atoms with van der Waals surface area (Å²) in [5.41, 5.74) is 14.8. The number of halogens is 2. The zero-order valence-corrected chi connectivity index (χ0v) is 21.7. The summed E-state index contributed by atoms with van der Waals surface area (Å²) in [6, 6.07) is 18.8. The van der Waals surface area contributed by atoms with Crippen LogP contribution in [0.15, 0.2) is 72.8 Å². The summed E-state index contributed by atoms with van der Waals surface area (Å²) < 4.78 is 86.3. The fraction of sp³-hybridized carbons (Fsp3) is 0.280. The molecule has 3 atom stereocenters. The second-order valence-corrected chi connectivity index (χ2v) is 11.6. The topological polar surface area (TPSA) is 161 Å². The Kier molecular flexibility index (Phi) is 10.9. The highest BCUT2D eigenvalue weighted by molar-refractivity contribution is 7.86. The molecular formula is C25H30F2N2O6S2. The molecule has 6 N–H and O–H groups in total. The molecule has 8 nitrogen and oxygen atoms in total. The number of hydrogen-bond donors (Lipinski definition) is 4. The maximum Gasteiger partial charge on any atom is 0.266 e. The Bertz CT molecular complexity index is 1390. The van der Waals surface area contributed by atoms with Crippen LogP contribution in [-0.2, 0) is 26.7 Å². The van der Waals surface area contributed by atoms with Crippen LogP contribution in [0.3, 0.4) is 0 Å². The van der Waals surface area contributed by atoms with Crippen LogP contribution < -0.4 is 11.5 Å². The molecule has 3 aromatic carbocycles. The first-order valence-electron chi connectivity index (χ1n) is 11.1. The minimum atomic E-state index is -4.15. The Labute approximate surface area is 215 Å². The van der Waals surface area contributed by atoms with E-state index in [2.05, 4.69) is 0 Å². The van der Waals surface area contributed by atoms with Crippen LogP contribution in [0.1, 0.15) is 28.2 Å². The molecule has 0 aliphatic rings. The Morgan fingerprint density at radius 3 is 1.89 bits per heavy atom. The van der Waals surface area contributed by atoms with E-state index < -0.39 is 55.5 Å². The molecule has 3 aromatic rings. The van der Waals surface area contributed by atoms with E-state index in [1.54, 1.807) is 0 Å². The first kappa shape index (κ1) is 30.5. The number of hydrogen-bond acceptors (Lipinski definition) is 6.